The number of hydrogen-bond acceptors (Lipinski definition) is 3. The molecule has 1 aromatic rings. The predicted molar refractivity (Wildman–Crippen MR) is 114 cm³/mol. The third-order valence-electron chi connectivity index (χ3n) is 5.32. The molecule has 0 amide bonds. The van der Waals surface area contributed by atoms with E-state index < -0.39 is 6.10 Å². The molecule has 0 saturated carbocycles. The normalized spacial score (nSPS) is 18.4. The summed E-state index contributed by atoms with van der Waals surface area (Å²) < 4.78 is 0. The Balaban J connectivity index is 1.89. The summed E-state index contributed by atoms with van der Waals surface area (Å²) in [6, 6.07) is 8.23. The van der Waals surface area contributed by atoms with Crippen LogP contribution in [0.15, 0.2) is 29.3 Å². The quantitative estimate of drug-likeness (QED) is 0.529. The van der Waals surface area contributed by atoms with Crippen molar-refractivity contribution in [1.82, 2.24) is 15.5 Å². The first-order chi connectivity index (χ1) is 12.8. The molecule has 1 aliphatic rings. The van der Waals surface area contributed by atoms with E-state index in [4.69, 9.17) is 0 Å². The Bertz CT molecular complexity index is 583. The smallest absolute Gasteiger partial charge is 0.191 e. The van der Waals surface area contributed by atoms with Crippen LogP contribution in [0.2, 0.25) is 0 Å². The molecule has 0 aromatic heterocycles. The molecule has 27 heavy (non-hydrogen) atoms. The van der Waals surface area contributed by atoms with Crippen LogP contribution in [0, 0.1) is 5.92 Å². The highest BCUT2D eigenvalue weighted by atomic mass is 16.3. The molecule has 5 heteroatoms. The van der Waals surface area contributed by atoms with Crippen LogP contribution in [0.4, 0.5) is 0 Å². The lowest BCUT2D eigenvalue weighted by Gasteiger charge is -2.29. The average molecular weight is 375 g/mol. The van der Waals surface area contributed by atoms with E-state index in [1.807, 2.05) is 12.1 Å². The van der Waals surface area contributed by atoms with E-state index in [2.05, 4.69) is 67.4 Å². The summed E-state index contributed by atoms with van der Waals surface area (Å²) in [6.45, 7) is 13.1. The number of piperidine rings is 1. The van der Waals surface area contributed by atoms with Gasteiger partial charge in [0.2, 0.25) is 0 Å². The Kier molecular flexibility index (Phi) is 8.11. The lowest BCUT2D eigenvalue weighted by Crippen LogP contribution is -2.42. The predicted octanol–water partition coefficient (Wildman–Crippen LogP) is 2.91. The fraction of sp³-hybridized carbons (Fsp3) is 0.682. The maximum atomic E-state index is 10.5. The van der Waals surface area contributed by atoms with Crippen molar-refractivity contribution in [2.75, 3.05) is 39.8 Å². The van der Waals surface area contributed by atoms with Gasteiger partial charge in [-0.15, -0.1) is 0 Å². The van der Waals surface area contributed by atoms with Gasteiger partial charge < -0.3 is 20.6 Å². The summed E-state index contributed by atoms with van der Waals surface area (Å²) in [6.07, 6.45) is 1.87. The van der Waals surface area contributed by atoms with Crippen molar-refractivity contribution in [3.63, 3.8) is 0 Å². The fourth-order valence-electron chi connectivity index (χ4n) is 3.34. The van der Waals surface area contributed by atoms with Crippen LogP contribution in [0.1, 0.15) is 57.8 Å². The number of nitrogens with zero attached hydrogens (tertiary/aromatic N) is 2. The largest absolute Gasteiger partial charge is 0.386 e. The highest BCUT2D eigenvalue weighted by Gasteiger charge is 2.17. The lowest BCUT2D eigenvalue weighted by molar-refractivity contribution is 0.187. The molecular weight excluding hydrogens is 336 g/mol. The molecule has 0 spiro atoms. The van der Waals surface area contributed by atoms with Crippen molar-refractivity contribution in [3.05, 3.63) is 35.4 Å². The minimum absolute atomic E-state index is 0.123. The number of aliphatic hydroxyl groups is 1. The standard InChI is InChI=1S/C22H38N4O/c1-6-23-21(24-15-17-11-13-26(5)14-12-17)25-16-20(27)18-7-9-19(10-8-18)22(2,3)4/h7-10,17,20,27H,6,11-16H2,1-5H3,(H2,23,24,25). The Morgan fingerprint density at radius 3 is 2.37 bits per heavy atom. The van der Waals surface area contributed by atoms with E-state index in [0.717, 1.165) is 24.6 Å². The Morgan fingerprint density at radius 1 is 1.19 bits per heavy atom. The van der Waals surface area contributed by atoms with Gasteiger partial charge in [-0.25, -0.2) is 0 Å². The molecule has 0 bridgehead atoms. The first kappa shape index (κ1) is 21.7. The molecule has 152 valence electrons. The molecule has 1 aliphatic heterocycles. The molecule has 1 saturated heterocycles. The van der Waals surface area contributed by atoms with Gasteiger partial charge in [-0.3, -0.25) is 4.99 Å². The monoisotopic (exact) mass is 374 g/mol. The van der Waals surface area contributed by atoms with Gasteiger partial charge in [-0.05, 0) is 62.4 Å². The van der Waals surface area contributed by atoms with Crippen LogP contribution in [-0.4, -0.2) is 55.7 Å². The Labute approximate surface area is 165 Å². The van der Waals surface area contributed by atoms with E-state index in [1.165, 1.54) is 31.5 Å². The molecule has 1 fully saturated rings. The number of likely N-dealkylation sites (tertiary alicyclic amines) is 1. The lowest BCUT2D eigenvalue weighted by atomic mass is 9.86. The second-order valence-corrected chi connectivity index (χ2v) is 8.73. The highest BCUT2D eigenvalue weighted by Crippen LogP contribution is 2.24. The minimum Gasteiger partial charge on any atom is -0.386 e. The van der Waals surface area contributed by atoms with Crippen LogP contribution in [0.3, 0.4) is 0 Å². The number of benzene rings is 1. The zero-order chi connectivity index (χ0) is 19.9. The van der Waals surface area contributed by atoms with Gasteiger partial charge in [0.15, 0.2) is 5.96 Å². The van der Waals surface area contributed by atoms with Crippen LogP contribution < -0.4 is 10.6 Å². The second-order valence-electron chi connectivity index (χ2n) is 8.73. The fourth-order valence-corrected chi connectivity index (χ4v) is 3.34. The van der Waals surface area contributed by atoms with Crippen molar-refractivity contribution in [2.24, 2.45) is 10.9 Å². The molecule has 0 aliphatic carbocycles. The SMILES string of the molecule is CCNC(=NCC(O)c1ccc(C(C)(C)C)cc1)NCC1CCN(C)CC1. The molecule has 1 heterocycles. The molecule has 2 rings (SSSR count). The van der Waals surface area contributed by atoms with Crippen LogP contribution in [-0.2, 0) is 5.41 Å². The van der Waals surface area contributed by atoms with Crippen molar-refractivity contribution >= 4 is 5.96 Å². The summed E-state index contributed by atoms with van der Waals surface area (Å²) in [5.41, 5.74) is 2.31. The van der Waals surface area contributed by atoms with Crippen molar-refractivity contribution in [2.45, 2.75) is 52.1 Å². The third-order valence-corrected chi connectivity index (χ3v) is 5.32. The van der Waals surface area contributed by atoms with E-state index in [0.29, 0.717) is 12.5 Å². The Morgan fingerprint density at radius 2 is 1.81 bits per heavy atom. The maximum Gasteiger partial charge on any atom is 0.191 e. The van der Waals surface area contributed by atoms with E-state index in [1.54, 1.807) is 0 Å². The summed E-state index contributed by atoms with van der Waals surface area (Å²) in [4.78, 5) is 6.98. The number of aliphatic imine (C=N–C) groups is 1. The molecule has 1 atom stereocenters. The van der Waals surface area contributed by atoms with Gasteiger partial charge in [0, 0.05) is 13.1 Å². The van der Waals surface area contributed by atoms with Gasteiger partial charge in [-0.2, -0.15) is 0 Å². The van der Waals surface area contributed by atoms with Crippen LogP contribution in [0.25, 0.3) is 0 Å². The van der Waals surface area contributed by atoms with Gasteiger partial charge in [0.05, 0.1) is 12.6 Å². The van der Waals surface area contributed by atoms with Gasteiger partial charge in [0.25, 0.3) is 0 Å². The second kappa shape index (κ2) is 10.1. The molecule has 0 radical (unpaired) electrons. The van der Waals surface area contributed by atoms with Crippen molar-refractivity contribution in [3.8, 4) is 0 Å². The van der Waals surface area contributed by atoms with Crippen molar-refractivity contribution in [1.29, 1.82) is 0 Å². The molecule has 3 N–H and O–H groups in total. The molecule has 1 unspecified atom stereocenters. The highest BCUT2D eigenvalue weighted by molar-refractivity contribution is 5.79. The van der Waals surface area contributed by atoms with Gasteiger partial charge in [0.1, 0.15) is 0 Å². The Hall–Kier alpha value is -1.59. The molecule has 1 aromatic carbocycles. The number of guanidine groups is 1. The van der Waals surface area contributed by atoms with E-state index >= 15 is 0 Å². The van der Waals surface area contributed by atoms with Crippen molar-refractivity contribution < 1.29 is 5.11 Å². The number of nitrogens with one attached hydrogen (secondary N) is 2. The van der Waals surface area contributed by atoms with Crippen LogP contribution in [0.5, 0.6) is 0 Å². The maximum absolute atomic E-state index is 10.5. The third kappa shape index (κ3) is 7.15. The van der Waals surface area contributed by atoms with E-state index in [9.17, 15) is 5.11 Å². The number of aliphatic hydroxyl groups excluding tert-OH is 1. The summed E-state index contributed by atoms with van der Waals surface area (Å²) in [5.74, 6) is 1.49. The number of rotatable bonds is 6. The first-order valence-corrected chi connectivity index (χ1v) is 10.3. The zero-order valence-electron chi connectivity index (χ0n) is 17.8. The summed E-state index contributed by atoms with van der Waals surface area (Å²) >= 11 is 0. The summed E-state index contributed by atoms with van der Waals surface area (Å²) in [7, 11) is 2.19. The van der Waals surface area contributed by atoms with Crippen LogP contribution >= 0.6 is 0 Å². The summed E-state index contributed by atoms with van der Waals surface area (Å²) in [5, 5.41) is 17.2. The minimum atomic E-state index is -0.585. The van der Waals surface area contributed by atoms with Gasteiger partial charge in [-0.1, -0.05) is 45.0 Å². The average Bonchev–Trinajstić information content (AvgIpc) is 2.64. The number of hydrogen-bond donors (Lipinski definition) is 3. The zero-order valence-corrected chi connectivity index (χ0v) is 17.8. The molecular formula is C22H38N4O. The first-order valence-electron chi connectivity index (χ1n) is 10.3. The van der Waals surface area contributed by atoms with Gasteiger partial charge >= 0.3 is 0 Å². The topological polar surface area (TPSA) is 59.9 Å². The van der Waals surface area contributed by atoms with E-state index in [-0.39, 0.29) is 5.41 Å². The molecule has 5 nitrogen and oxygen atoms in total.